The summed E-state index contributed by atoms with van der Waals surface area (Å²) in [6.07, 6.45) is 3.00. The minimum Gasteiger partial charge on any atom is -0.345 e. The summed E-state index contributed by atoms with van der Waals surface area (Å²) in [5.74, 6) is 0.460. The number of hydrogen-bond acceptors (Lipinski definition) is 3. The first-order chi connectivity index (χ1) is 12.8. The molecule has 0 heterocycles. The van der Waals surface area contributed by atoms with E-state index in [0.717, 1.165) is 5.56 Å². The monoisotopic (exact) mass is 366 g/mol. The van der Waals surface area contributed by atoms with Gasteiger partial charge in [-0.1, -0.05) is 64.1 Å². The van der Waals surface area contributed by atoms with Gasteiger partial charge in [-0.25, -0.2) is 0 Å². The summed E-state index contributed by atoms with van der Waals surface area (Å²) < 4.78 is 0. The highest BCUT2D eigenvalue weighted by molar-refractivity contribution is 5.92. The normalized spacial score (nSPS) is 12.5. The van der Waals surface area contributed by atoms with Gasteiger partial charge in [0.15, 0.2) is 0 Å². The maximum absolute atomic E-state index is 12.4. The fraction of sp³-hybridized carbons (Fsp3) is 0.318. The lowest BCUT2D eigenvalue weighted by atomic mass is 9.93. The van der Waals surface area contributed by atoms with Crippen LogP contribution in [0.15, 0.2) is 54.6 Å². The first-order valence-corrected chi connectivity index (χ1v) is 9.11. The van der Waals surface area contributed by atoms with Crippen molar-refractivity contribution in [3.63, 3.8) is 0 Å². The number of nitrogens with zero attached hydrogens (tertiary/aromatic N) is 1. The summed E-state index contributed by atoms with van der Waals surface area (Å²) in [7, 11) is 0. The van der Waals surface area contributed by atoms with Gasteiger partial charge in [-0.2, -0.15) is 0 Å². The SMILES string of the molecule is CC(C)c1ccc([C@@H](NC(=O)/C=C/c2cccc([N+](=O)[O-])c2)C(C)C)cc1. The van der Waals surface area contributed by atoms with E-state index in [2.05, 4.69) is 57.3 Å². The standard InChI is InChI=1S/C22H26N2O3/c1-15(2)18-9-11-19(12-10-18)22(16(3)4)23-21(25)13-8-17-6-5-7-20(14-17)24(26)27/h5-16,22H,1-4H3,(H,23,25)/b13-8+/t22-/m0/s1. The lowest BCUT2D eigenvalue weighted by Crippen LogP contribution is -2.30. The third-order valence-corrected chi connectivity index (χ3v) is 4.43. The number of nitro benzene ring substituents is 1. The molecule has 2 aromatic rings. The van der Waals surface area contributed by atoms with Crippen molar-refractivity contribution in [1.29, 1.82) is 0 Å². The van der Waals surface area contributed by atoms with Crippen molar-refractivity contribution in [2.24, 2.45) is 5.92 Å². The number of hydrogen-bond donors (Lipinski definition) is 1. The minimum atomic E-state index is -0.451. The molecule has 0 aliphatic rings. The molecule has 0 fully saturated rings. The van der Waals surface area contributed by atoms with Crippen molar-refractivity contribution >= 4 is 17.7 Å². The molecule has 27 heavy (non-hydrogen) atoms. The van der Waals surface area contributed by atoms with E-state index < -0.39 is 4.92 Å². The number of nitrogens with one attached hydrogen (secondary N) is 1. The molecule has 0 aliphatic carbocycles. The molecule has 0 saturated heterocycles. The van der Waals surface area contributed by atoms with Crippen LogP contribution in [0.25, 0.3) is 6.08 Å². The van der Waals surface area contributed by atoms with Crippen LogP contribution in [0.4, 0.5) is 5.69 Å². The molecule has 1 atom stereocenters. The third-order valence-electron chi connectivity index (χ3n) is 4.43. The van der Waals surface area contributed by atoms with Crippen LogP contribution >= 0.6 is 0 Å². The number of amides is 1. The molecule has 5 nitrogen and oxygen atoms in total. The molecule has 2 rings (SSSR count). The third kappa shape index (κ3) is 5.78. The molecular weight excluding hydrogens is 340 g/mol. The number of non-ortho nitro benzene ring substituents is 1. The first-order valence-electron chi connectivity index (χ1n) is 9.11. The summed E-state index contributed by atoms with van der Waals surface area (Å²) in [5, 5.41) is 13.9. The predicted octanol–water partition coefficient (Wildman–Crippen LogP) is 5.24. The summed E-state index contributed by atoms with van der Waals surface area (Å²) in [6.45, 7) is 8.42. The fourth-order valence-corrected chi connectivity index (χ4v) is 2.84. The van der Waals surface area contributed by atoms with E-state index in [4.69, 9.17) is 0 Å². The van der Waals surface area contributed by atoms with Gasteiger partial charge in [0, 0.05) is 18.2 Å². The Hall–Kier alpha value is -2.95. The number of carbonyl (C=O) groups excluding carboxylic acids is 1. The molecule has 0 aromatic heterocycles. The van der Waals surface area contributed by atoms with Crippen LogP contribution < -0.4 is 5.32 Å². The van der Waals surface area contributed by atoms with Gasteiger partial charge in [0.05, 0.1) is 11.0 Å². The van der Waals surface area contributed by atoms with Gasteiger partial charge < -0.3 is 5.32 Å². The Morgan fingerprint density at radius 1 is 1.04 bits per heavy atom. The van der Waals surface area contributed by atoms with Crippen LogP contribution in [0.5, 0.6) is 0 Å². The molecule has 0 radical (unpaired) electrons. The molecule has 1 N–H and O–H groups in total. The van der Waals surface area contributed by atoms with Crippen LogP contribution in [0.2, 0.25) is 0 Å². The van der Waals surface area contributed by atoms with Gasteiger partial charge in [-0.15, -0.1) is 0 Å². The Balaban J connectivity index is 2.10. The zero-order valence-electron chi connectivity index (χ0n) is 16.2. The summed E-state index contributed by atoms with van der Waals surface area (Å²) in [5.41, 5.74) is 2.94. The van der Waals surface area contributed by atoms with E-state index in [9.17, 15) is 14.9 Å². The molecule has 0 aliphatic heterocycles. The van der Waals surface area contributed by atoms with E-state index in [-0.39, 0.29) is 23.6 Å². The predicted molar refractivity (Wildman–Crippen MR) is 108 cm³/mol. The number of carbonyl (C=O) groups is 1. The smallest absolute Gasteiger partial charge is 0.270 e. The molecule has 0 bridgehead atoms. The maximum Gasteiger partial charge on any atom is 0.270 e. The molecule has 0 unspecified atom stereocenters. The average molecular weight is 366 g/mol. The highest BCUT2D eigenvalue weighted by Gasteiger charge is 2.17. The second-order valence-electron chi connectivity index (χ2n) is 7.24. The summed E-state index contributed by atoms with van der Waals surface area (Å²) >= 11 is 0. The Bertz CT molecular complexity index is 824. The largest absolute Gasteiger partial charge is 0.345 e. The summed E-state index contributed by atoms with van der Waals surface area (Å²) in [6, 6.07) is 14.4. The number of rotatable bonds is 7. The molecule has 2 aromatic carbocycles. The Morgan fingerprint density at radius 3 is 2.22 bits per heavy atom. The molecule has 0 saturated carbocycles. The summed E-state index contributed by atoms with van der Waals surface area (Å²) in [4.78, 5) is 22.8. The van der Waals surface area contributed by atoms with Crippen molar-refractivity contribution in [3.8, 4) is 0 Å². The van der Waals surface area contributed by atoms with Gasteiger partial charge in [0.25, 0.3) is 5.69 Å². The number of nitro groups is 1. The fourth-order valence-electron chi connectivity index (χ4n) is 2.84. The Morgan fingerprint density at radius 2 is 1.67 bits per heavy atom. The molecule has 142 valence electrons. The highest BCUT2D eigenvalue weighted by atomic mass is 16.6. The van der Waals surface area contributed by atoms with Crippen molar-refractivity contribution in [2.45, 2.75) is 39.7 Å². The van der Waals surface area contributed by atoms with Gasteiger partial charge >= 0.3 is 0 Å². The first kappa shape index (κ1) is 20.4. The van der Waals surface area contributed by atoms with Crippen LogP contribution in [0, 0.1) is 16.0 Å². The van der Waals surface area contributed by atoms with Crippen LogP contribution in [0.3, 0.4) is 0 Å². The zero-order chi connectivity index (χ0) is 20.0. The highest BCUT2D eigenvalue weighted by Crippen LogP contribution is 2.24. The molecule has 1 amide bonds. The topological polar surface area (TPSA) is 72.2 Å². The van der Waals surface area contributed by atoms with Crippen molar-refractivity contribution in [3.05, 3.63) is 81.4 Å². The van der Waals surface area contributed by atoms with Gasteiger partial charge in [0.2, 0.25) is 5.91 Å². The van der Waals surface area contributed by atoms with E-state index in [1.165, 1.54) is 23.8 Å². The van der Waals surface area contributed by atoms with E-state index in [1.54, 1.807) is 18.2 Å². The van der Waals surface area contributed by atoms with Crippen molar-refractivity contribution in [1.82, 2.24) is 5.32 Å². The van der Waals surface area contributed by atoms with Gasteiger partial charge in [-0.3, -0.25) is 14.9 Å². The average Bonchev–Trinajstić information content (AvgIpc) is 2.64. The van der Waals surface area contributed by atoms with Gasteiger partial charge in [-0.05, 0) is 34.6 Å². The molecule has 0 spiro atoms. The Kier molecular flexibility index (Phi) is 6.88. The van der Waals surface area contributed by atoms with Crippen molar-refractivity contribution < 1.29 is 9.72 Å². The van der Waals surface area contributed by atoms with Crippen LogP contribution in [0.1, 0.15) is 56.3 Å². The van der Waals surface area contributed by atoms with Crippen molar-refractivity contribution in [2.75, 3.05) is 0 Å². The lowest BCUT2D eigenvalue weighted by molar-refractivity contribution is -0.384. The zero-order valence-corrected chi connectivity index (χ0v) is 16.2. The van der Waals surface area contributed by atoms with E-state index >= 15 is 0 Å². The molecule has 5 heteroatoms. The quantitative estimate of drug-likeness (QED) is 0.413. The second kappa shape index (κ2) is 9.12. The minimum absolute atomic E-state index is 0.00265. The van der Waals surface area contributed by atoms with Gasteiger partial charge in [0.1, 0.15) is 0 Å². The van der Waals surface area contributed by atoms with Crippen LogP contribution in [-0.4, -0.2) is 10.8 Å². The van der Waals surface area contributed by atoms with E-state index in [1.807, 2.05) is 0 Å². The second-order valence-corrected chi connectivity index (χ2v) is 7.24. The number of benzene rings is 2. The lowest BCUT2D eigenvalue weighted by Gasteiger charge is -2.23. The Labute approximate surface area is 160 Å². The van der Waals surface area contributed by atoms with E-state index in [0.29, 0.717) is 11.5 Å². The maximum atomic E-state index is 12.4. The van der Waals surface area contributed by atoms with Crippen LogP contribution in [-0.2, 0) is 4.79 Å². The molecular formula is C22H26N2O3.